The fraction of sp³-hybridized carbons (Fsp3) is 0.400. The molecule has 1 fully saturated rings. The van der Waals surface area contributed by atoms with Crippen molar-refractivity contribution in [3.05, 3.63) is 65.7 Å². The lowest BCUT2D eigenvalue weighted by Crippen LogP contribution is -2.31. The summed E-state index contributed by atoms with van der Waals surface area (Å²) < 4.78 is 0. The fourth-order valence-corrected chi connectivity index (χ4v) is 3.35. The molecule has 1 aliphatic rings. The minimum atomic E-state index is 0.110. The van der Waals surface area contributed by atoms with Crippen LogP contribution in [0.4, 0.5) is 5.69 Å². The summed E-state index contributed by atoms with van der Waals surface area (Å²) in [5.74, 6) is 0. The highest BCUT2D eigenvalue weighted by atomic mass is 15.1. The summed E-state index contributed by atoms with van der Waals surface area (Å²) >= 11 is 0. The molecule has 1 unspecified atom stereocenters. The van der Waals surface area contributed by atoms with Crippen molar-refractivity contribution in [3.63, 3.8) is 0 Å². The topological polar surface area (TPSA) is 29.3 Å². The predicted molar refractivity (Wildman–Crippen MR) is 94.2 cm³/mol. The lowest BCUT2D eigenvalue weighted by atomic mass is 9.97. The molecule has 1 saturated heterocycles. The molecule has 3 rings (SSSR count). The lowest BCUT2D eigenvalue weighted by molar-refractivity contribution is 0.571. The molecule has 0 amide bonds. The number of para-hydroxylation sites is 1. The van der Waals surface area contributed by atoms with Crippen molar-refractivity contribution >= 4 is 5.69 Å². The number of hydrogen-bond donors (Lipinski definition) is 1. The van der Waals surface area contributed by atoms with E-state index in [1.54, 1.807) is 0 Å². The molecule has 2 N–H and O–H groups in total. The van der Waals surface area contributed by atoms with Crippen LogP contribution < -0.4 is 10.6 Å². The third kappa shape index (κ3) is 3.69. The molecule has 2 heteroatoms. The first-order chi connectivity index (χ1) is 10.8. The number of anilines is 1. The van der Waals surface area contributed by atoms with Crippen LogP contribution in [0.15, 0.2) is 54.6 Å². The maximum Gasteiger partial charge on any atom is 0.0414 e. The zero-order valence-corrected chi connectivity index (χ0v) is 13.2. The molecule has 2 aromatic rings. The molecule has 0 radical (unpaired) electrons. The molecule has 1 atom stereocenters. The summed E-state index contributed by atoms with van der Waals surface area (Å²) in [5.41, 5.74) is 10.5. The Bertz CT molecular complexity index is 573. The minimum Gasteiger partial charge on any atom is -0.371 e. The van der Waals surface area contributed by atoms with E-state index < -0.39 is 0 Å². The molecule has 0 aromatic heterocycles. The quantitative estimate of drug-likeness (QED) is 0.890. The van der Waals surface area contributed by atoms with Crippen LogP contribution in [0.3, 0.4) is 0 Å². The van der Waals surface area contributed by atoms with Crippen molar-refractivity contribution in [1.29, 1.82) is 0 Å². The standard InChI is InChI=1S/C20H26N2/c21-19(14-13-17-9-3-1-4-10-17)18-11-5-6-12-20(18)22-15-7-2-8-16-22/h1,3-6,9-12,19H,2,7-8,13-16,21H2. The number of nitrogens with two attached hydrogens (primary N) is 1. The summed E-state index contributed by atoms with van der Waals surface area (Å²) in [6.07, 6.45) is 5.99. The van der Waals surface area contributed by atoms with Gasteiger partial charge < -0.3 is 10.6 Å². The summed E-state index contributed by atoms with van der Waals surface area (Å²) in [7, 11) is 0. The van der Waals surface area contributed by atoms with E-state index in [4.69, 9.17) is 5.73 Å². The first kappa shape index (κ1) is 15.1. The van der Waals surface area contributed by atoms with Crippen molar-refractivity contribution in [2.45, 2.75) is 38.1 Å². The van der Waals surface area contributed by atoms with Crippen LogP contribution >= 0.6 is 0 Å². The van der Waals surface area contributed by atoms with E-state index in [-0.39, 0.29) is 6.04 Å². The minimum absolute atomic E-state index is 0.110. The van der Waals surface area contributed by atoms with Gasteiger partial charge in [0.1, 0.15) is 0 Å². The van der Waals surface area contributed by atoms with Gasteiger partial charge in [-0.2, -0.15) is 0 Å². The SMILES string of the molecule is NC(CCc1ccccc1)c1ccccc1N1CCCCC1. The van der Waals surface area contributed by atoms with E-state index in [0.717, 1.165) is 12.8 Å². The molecule has 0 aliphatic carbocycles. The highest BCUT2D eigenvalue weighted by molar-refractivity contribution is 5.55. The summed E-state index contributed by atoms with van der Waals surface area (Å²) in [6.45, 7) is 2.34. The summed E-state index contributed by atoms with van der Waals surface area (Å²) in [4.78, 5) is 2.52. The van der Waals surface area contributed by atoms with Gasteiger partial charge in [-0.25, -0.2) is 0 Å². The first-order valence-corrected chi connectivity index (χ1v) is 8.48. The van der Waals surface area contributed by atoms with E-state index in [1.807, 2.05) is 0 Å². The fourth-order valence-electron chi connectivity index (χ4n) is 3.35. The molecule has 0 spiro atoms. The Kier molecular flexibility index (Phi) is 5.12. The van der Waals surface area contributed by atoms with Crippen LogP contribution in [0.2, 0.25) is 0 Å². The van der Waals surface area contributed by atoms with Gasteiger partial charge in [-0.3, -0.25) is 0 Å². The van der Waals surface area contributed by atoms with Crippen LogP contribution in [-0.2, 0) is 6.42 Å². The molecule has 2 aromatic carbocycles. The zero-order valence-electron chi connectivity index (χ0n) is 13.2. The smallest absolute Gasteiger partial charge is 0.0414 e. The van der Waals surface area contributed by atoms with Gasteiger partial charge in [0.05, 0.1) is 0 Å². The third-order valence-electron chi connectivity index (χ3n) is 4.62. The van der Waals surface area contributed by atoms with Crippen molar-refractivity contribution in [1.82, 2.24) is 0 Å². The van der Waals surface area contributed by atoms with Gasteiger partial charge in [0, 0.05) is 24.8 Å². The second-order valence-electron chi connectivity index (χ2n) is 6.24. The van der Waals surface area contributed by atoms with Gasteiger partial charge in [0.15, 0.2) is 0 Å². The van der Waals surface area contributed by atoms with Gasteiger partial charge in [0.2, 0.25) is 0 Å². The molecule has 0 bridgehead atoms. The summed E-state index contributed by atoms with van der Waals surface area (Å²) in [6, 6.07) is 19.4. The van der Waals surface area contributed by atoms with Gasteiger partial charge in [-0.1, -0.05) is 48.5 Å². The third-order valence-corrected chi connectivity index (χ3v) is 4.62. The Labute approximate surface area is 134 Å². The van der Waals surface area contributed by atoms with Gasteiger partial charge in [0.25, 0.3) is 0 Å². The monoisotopic (exact) mass is 294 g/mol. The Balaban J connectivity index is 1.70. The average molecular weight is 294 g/mol. The molecular weight excluding hydrogens is 268 g/mol. The van der Waals surface area contributed by atoms with Gasteiger partial charge in [-0.15, -0.1) is 0 Å². The zero-order chi connectivity index (χ0) is 15.2. The van der Waals surface area contributed by atoms with Crippen LogP contribution in [0, 0.1) is 0 Å². The lowest BCUT2D eigenvalue weighted by Gasteiger charge is -2.32. The molecule has 0 saturated carbocycles. The first-order valence-electron chi connectivity index (χ1n) is 8.48. The highest BCUT2D eigenvalue weighted by Crippen LogP contribution is 2.29. The molecule has 116 valence electrons. The normalized spacial score (nSPS) is 16.5. The Morgan fingerprint density at radius 2 is 1.55 bits per heavy atom. The highest BCUT2D eigenvalue weighted by Gasteiger charge is 2.17. The largest absolute Gasteiger partial charge is 0.371 e. The van der Waals surface area contributed by atoms with Crippen LogP contribution in [0.5, 0.6) is 0 Å². The molecule has 2 nitrogen and oxygen atoms in total. The maximum atomic E-state index is 6.52. The molecular formula is C20H26N2. The van der Waals surface area contributed by atoms with E-state index in [2.05, 4.69) is 59.5 Å². The van der Waals surface area contributed by atoms with Crippen molar-refractivity contribution in [3.8, 4) is 0 Å². The Morgan fingerprint density at radius 3 is 2.32 bits per heavy atom. The van der Waals surface area contributed by atoms with Crippen LogP contribution in [0.25, 0.3) is 0 Å². The summed E-state index contributed by atoms with van der Waals surface area (Å²) in [5, 5.41) is 0. The number of nitrogens with zero attached hydrogens (tertiary/aromatic N) is 1. The number of hydrogen-bond acceptors (Lipinski definition) is 2. The van der Waals surface area contributed by atoms with E-state index >= 15 is 0 Å². The van der Waals surface area contributed by atoms with E-state index in [9.17, 15) is 0 Å². The predicted octanol–water partition coefficient (Wildman–Crippen LogP) is 4.31. The Hall–Kier alpha value is -1.80. The van der Waals surface area contributed by atoms with Crippen LogP contribution in [-0.4, -0.2) is 13.1 Å². The van der Waals surface area contributed by atoms with Crippen molar-refractivity contribution in [2.24, 2.45) is 5.73 Å². The molecule has 1 heterocycles. The van der Waals surface area contributed by atoms with Gasteiger partial charge in [-0.05, 0) is 49.3 Å². The van der Waals surface area contributed by atoms with E-state index in [0.29, 0.717) is 0 Å². The molecule has 1 aliphatic heterocycles. The number of piperidine rings is 1. The van der Waals surface area contributed by atoms with Crippen molar-refractivity contribution in [2.75, 3.05) is 18.0 Å². The number of aryl methyl sites for hydroxylation is 1. The second kappa shape index (κ2) is 7.46. The van der Waals surface area contributed by atoms with Crippen LogP contribution in [0.1, 0.15) is 42.9 Å². The Morgan fingerprint density at radius 1 is 0.864 bits per heavy atom. The number of rotatable bonds is 5. The second-order valence-corrected chi connectivity index (χ2v) is 6.24. The van der Waals surface area contributed by atoms with Gasteiger partial charge >= 0.3 is 0 Å². The average Bonchev–Trinajstić information content (AvgIpc) is 2.61. The van der Waals surface area contributed by atoms with Crippen molar-refractivity contribution < 1.29 is 0 Å². The maximum absolute atomic E-state index is 6.52. The van der Waals surface area contributed by atoms with E-state index in [1.165, 1.54) is 49.2 Å². The number of benzene rings is 2. The molecule has 22 heavy (non-hydrogen) atoms.